The van der Waals surface area contributed by atoms with E-state index in [4.69, 9.17) is 21.1 Å². The molecule has 0 unspecified atom stereocenters. The van der Waals surface area contributed by atoms with Gasteiger partial charge in [-0.05, 0) is 55.8 Å². The molecular weight excluding hydrogens is 380 g/mol. The molecule has 0 aliphatic carbocycles. The first-order chi connectivity index (χ1) is 13.3. The Morgan fingerprint density at radius 3 is 2.57 bits per heavy atom. The standard InChI is InChI=1S/C21H23ClN2O4/c1-13(2)28-20-17(22)10-14(11-18(20)27-4)8-9-19(25)24-16-7-5-6-15(12-16)21(26)23-3/h5-13H,1-4H3,(H,23,26)(H,24,25)/b9-8+. The molecule has 2 aromatic rings. The Labute approximate surface area is 169 Å². The molecule has 0 aliphatic rings. The largest absolute Gasteiger partial charge is 0.493 e. The Kier molecular flexibility index (Phi) is 7.46. The van der Waals surface area contributed by atoms with Gasteiger partial charge in [-0.25, -0.2) is 0 Å². The van der Waals surface area contributed by atoms with Gasteiger partial charge in [0.1, 0.15) is 0 Å². The molecule has 2 rings (SSSR count). The molecule has 0 atom stereocenters. The maximum absolute atomic E-state index is 12.2. The van der Waals surface area contributed by atoms with Crippen molar-refractivity contribution in [2.75, 3.05) is 19.5 Å². The van der Waals surface area contributed by atoms with E-state index in [2.05, 4.69) is 10.6 Å². The van der Waals surface area contributed by atoms with Gasteiger partial charge in [0.2, 0.25) is 5.91 Å². The smallest absolute Gasteiger partial charge is 0.251 e. The molecule has 0 bridgehead atoms. The van der Waals surface area contributed by atoms with Crippen LogP contribution in [0.5, 0.6) is 11.5 Å². The number of carbonyl (C=O) groups is 2. The second-order valence-electron chi connectivity index (χ2n) is 6.18. The zero-order chi connectivity index (χ0) is 20.7. The van der Waals surface area contributed by atoms with Crippen LogP contribution in [-0.4, -0.2) is 32.1 Å². The number of hydrogen-bond donors (Lipinski definition) is 2. The molecule has 0 heterocycles. The van der Waals surface area contributed by atoms with Gasteiger partial charge >= 0.3 is 0 Å². The maximum Gasteiger partial charge on any atom is 0.251 e. The predicted molar refractivity (Wildman–Crippen MR) is 111 cm³/mol. The summed E-state index contributed by atoms with van der Waals surface area (Å²) < 4.78 is 11.0. The molecule has 0 saturated heterocycles. The molecule has 28 heavy (non-hydrogen) atoms. The summed E-state index contributed by atoms with van der Waals surface area (Å²) in [5.74, 6) is 0.384. The molecule has 0 fully saturated rings. The quantitative estimate of drug-likeness (QED) is 0.682. The first-order valence-corrected chi connectivity index (χ1v) is 9.07. The molecule has 2 N–H and O–H groups in total. The second kappa shape index (κ2) is 9.80. The van der Waals surface area contributed by atoms with Gasteiger partial charge < -0.3 is 20.1 Å². The first kappa shape index (κ1) is 21.3. The van der Waals surface area contributed by atoms with Crippen LogP contribution in [0.2, 0.25) is 5.02 Å². The number of anilines is 1. The number of rotatable bonds is 7. The van der Waals surface area contributed by atoms with Crippen molar-refractivity contribution in [3.05, 3.63) is 58.6 Å². The van der Waals surface area contributed by atoms with Crippen LogP contribution >= 0.6 is 11.6 Å². The van der Waals surface area contributed by atoms with Crippen LogP contribution in [0.25, 0.3) is 6.08 Å². The predicted octanol–water partition coefficient (Wildman–Crippen LogP) is 4.15. The number of hydrogen-bond acceptors (Lipinski definition) is 4. The molecule has 0 radical (unpaired) electrons. The summed E-state index contributed by atoms with van der Waals surface area (Å²) in [6.45, 7) is 3.79. The highest BCUT2D eigenvalue weighted by Crippen LogP contribution is 2.37. The van der Waals surface area contributed by atoms with Crippen molar-refractivity contribution in [1.29, 1.82) is 0 Å². The molecule has 2 aromatic carbocycles. The van der Waals surface area contributed by atoms with Crippen molar-refractivity contribution in [3.63, 3.8) is 0 Å². The monoisotopic (exact) mass is 402 g/mol. The van der Waals surface area contributed by atoms with Crippen molar-refractivity contribution in [1.82, 2.24) is 5.32 Å². The van der Waals surface area contributed by atoms with E-state index in [0.29, 0.717) is 33.3 Å². The highest BCUT2D eigenvalue weighted by Gasteiger charge is 2.13. The maximum atomic E-state index is 12.2. The van der Waals surface area contributed by atoms with Crippen molar-refractivity contribution in [3.8, 4) is 11.5 Å². The van der Waals surface area contributed by atoms with Crippen LogP contribution in [0.15, 0.2) is 42.5 Å². The van der Waals surface area contributed by atoms with E-state index in [1.165, 1.54) is 13.2 Å². The highest BCUT2D eigenvalue weighted by molar-refractivity contribution is 6.32. The van der Waals surface area contributed by atoms with Crippen LogP contribution < -0.4 is 20.1 Å². The third kappa shape index (κ3) is 5.76. The van der Waals surface area contributed by atoms with Crippen molar-refractivity contribution in [2.24, 2.45) is 0 Å². The highest BCUT2D eigenvalue weighted by atomic mass is 35.5. The molecule has 0 aliphatic heterocycles. The van der Waals surface area contributed by atoms with Gasteiger partial charge in [0, 0.05) is 24.4 Å². The fourth-order valence-electron chi connectivity index (χ4n) is 2.42. The summed E-state index contributed by atoms with van der Waals surface area (Å²) >= 11 is 6.29. The summed E-state index contributed by atoms with van der Waals surface area (Å²) in [4.78, 5) is 23.9. The molecule has 148 valence electrons. The lowest BCUT2D eigenvalue weighted by Gasteiger charge is -2.15. The lowest BCUT2D eigenvalue weighted by atomic mass is 10.1. The van der Waals surface area contributed by atoms with E-state index in [-0.39, 0.29) is 17.9 Å². The molecule has 6 nitrogen and oxygen atoms in total. The Balaban J connectivity index is 2.14. The minimum Gasteiger partial charge on any atom is -0.493 e. The summed E-state index contributed by atoms with van der Waals surface area (Å²) in [5.41, 5.74) is 1.67. The zero-order valence-corrected chi connectivity index (χ0v) is 17.0. The third-order valence-corrected chi connectivity index (χ3v) is 3.93. The van der Waals surface area contributed by atoms with Crippen molar-refractivity contribution in [2.45, 2.75) is 20.0 Å². The normalized spacial score (nSPS) is 10.8. The van der Waals surface area contributed by atoms with E-state index < -0.39 is 0 Å². The van der Waals surface area contributed by atoms with Crippen molar-refractivity contribution >= 4 is 35.2 Å². The number of methoxy groups -OCH3 is 1. The fraction of sp³-hybridized carbons (Fsp3) is 0.238. The summed E-state index contributed by atoms with van der Waals surface area (Å²) in [7, 11) is 3.08. The number of ether oxygens (including phenoxy) is 2. The Morgan fingerprint density at radius 2 is 1.93 bits per heavy atom. The second-order valence-corrected chi connectivity index (χ2v) is 6.59. The van der Waals surface area contributed by atoms with Gasteiger partial charge in [0.25, 0.3) is 5.91 Å². The molecular formula is C21H23ClN2O4. The van der Waals surface area contributed by atoms with Crippen LogP contribution in [0, 0.1) is 0 Å². The summed E-state index contributed by atoms with van der Waals surface area (Å²) in [6, 6.07) is 10.1. The lowest BCUT2D eigenvalue weighted by Crippen LogP contribution is -2.18. The van der Waals surface area contributed by atoms with Gasteiger partial charge in [-0.15, -0.1) is 0 Å². The van der Waals surface area contributed by atoms with E-state index in [0.717, 1.165) is 0 Å². The van der Waals surface area contributed by atoms with Gasteiger partial charge in [-0.3, -0.25) is 9.59 Å². The van der Waals surface area contributed by atoms with Crippen molar-refractivity contribution < 1.29 is 19.1 Å². The van der Waals surface area contributed by atoms with Crippen LogP contribution in [0.3, 0.4) is 0 Å². The van der Waals surface area contributed by atoms with Gasteiger partial charge in [-0.2, -0.15) is 0 Å². The number of nitrogens with one attached hydrogen (secondary N) is 2. The average Bonchev–Trinajstić information content (AvgIpc) is 2.67. The lowest BCUT2D eigenvalue weighted by molar-refractivity contribution is -0.111. The molecule has 7 heteroatoms. The minimum absolute atomic E-state index is 0.0517. The number of amides is 2. The molecule has 0 aromatic heterocycles. The van der Waals surface area contributed by atoms with Gasteiger partial charge in [0.05, 0.1) is 18.2 Å². The van der Waals surface area contributed by atoms with Crippen LogP contribution in [-0.2, 0) is 4.79 Å². The number of benzene rings is 2. The van der Waals surface area contributed by atoms with E-state index in [1.54, 1.807) is 49.5 Å². The van der Waals surface area contributed by atoms with Crippen LogP contribution in [0.1, 0.15) is 29.8 Å². The van der Waals surface area contributed by atoms with E-state index >= 15 is 0 Å². The SMILES string of the molecule is CNC(=O)c1cccc(NC(=O)/C=C/c2cc(Cl)c(OC(C)C)c(OC)c2)c1. The number of carbonyl (C=O) groups excluding carboxylic acids is 2. The topological polar surface area (TPSA) is 76.7 Å². The molecule has 0 spiro atoms. The molecule has 2 amide bonds. The first-order valence-electron chi connectivity index (χ1n) is 8.69. The minimum atomic E-state index is -0.341. The number of halogens is 1. The zero-order valence-electron chi connectivity index (χ0n) is 16.2. The van der Waals surface area contributed by atoms with Crippen LogP contribution in [0.4, 0.5) is 5.69 Å². The summed E-state index contributed by atoms with van der Waals surface area (Å²) in [5, 5.41) is 5.65. The fourth-order valence-corrected chi connectivity index (χ4v) is 2.69. The third-order valence-electron chi connectivity index (χ3n) is 3.65. The van der Waals surface area contributed by atoms with E-state index in [9.17, 15) is 9.59 Å². The average molecular weight is 403 g/mol. The summed E-state index contributed by atoms with van der Waals surface area (Å²) in [6.07, 6.45) is 2.94. The Morgan fingerprint density at radius 1 is 1.18 bits per heavy atom. The molecule has 0 saturated carbocycles. The Hall–Kier alpha value is -2.99. The Bertz CT molecular complexity index is 894. The van der Waals surface area contributed by atoms with Gasteiger partial charge in [0.15, 0.2) is 11.5 Å². The van der Waals surface area contributed by atoms with E-state index in [1.807, 2.05) is 13.8 Å². The van der Waals surface area contributed by atoms with Gasteiger partial charge in [-0.1, -0.05) is 17.7 Å².